The minimum Gasteiger partial charge on any atom is -0.379 e. The lowest BCUT2D eigenvalue weighted by molar-refractivity contribution is 0.0146. The molecule has 0 aliphatic rings. The number of unbranched alkanes of at least 4 members (excludes halogenated alkanes) is 1. The number of ether oxygens (including phenoxy) is 3. The van der Waals surface area contributed by atoms with Gasteiger partial charge in [-0.15, -0.1) is 0 Å². The van der Waals surface area contributed by atoms with Crippen molar-refractivity contribution in [3.05, 3.63) is 0 Å². The summed E-state index contributed by atoms with van der Waals surface area (Å²) >= 11 is 0. The van der Waals surface area contributed by atoms with Crippen LogP contribution in [-0.2, 0) is 14.2 Å². The van der Waals surface area contributed by atoms with Gasteiger partial charge in [0.25, 0.3) is 0 Å². The predicted molar refractivity (Wildman–Crippen MR) is 84.3 cm³/mol. The molecular weight excluding hydrogens is 254 g/mol. The maximum absolute atomic E-state index is 5.48. The largest absolute Gasteiger partial charge is 0.379 e. The molecule has 0 aromatic carbocycles. The van der Waals surface area contributed by atoms with E-state index in [1.54, 1.807) is 0 Å². The molecule has 0 unspecified atom stereocenters. The summed E-state index contributed by atoms with van der Waals surface area (Å²) in [6, 6.07) is 0. The third-order valence-electron chi connectivity index (χ3n) is 2.94. The van der Waals surface area contributed by atoms with Gasteiger partial charge < -0.3 is 19.5 Å². The van der Waals surface area contributed by atoms with Gasteiger partial charge in [-0.3, -0.25) is 0 Å². The fourth-order valence-electron chi connectivity index (χ4n) is 1.69. The van der Waals surface area contributed by atoms with Crippen LogP contribution in [0.2, 0.25) is 0 Å². The van der Waals surface area contributed by atoms with Crippen LogP contribution in [0.15, 0.2) is 0 Å². The zero-order valence-corrected chi connectivity index (χ0v) is 13.8. The van der Waals surface area contributed by atoms with Crippen LogP contribution in [-0.4, -0.2) is 52.7 Å². The smallest absolute Gasteiger partial charge is 0.0701 e. The van der Waals surface area contributed by atoms with E-state index in [2.05, 4.69) is 26.1 Å². The number of hydrogen-bond acceptors (Lipinski definition) is 4. The van der Waals surface area contributed by atoms with Crippen LogP contribution >= 0.6 is 0 Å². The van der Waals surface area contributed by atoms with Crippen molar-refractivity contribution in [3.63, 3.8) is 0 Å². The number of nitrogens with one attached hydrogen (secondary N) is 1. The molecule has 122 valence electrons. The van der Waals surface area contributed by atoms with Gasteiger partial charge in [0, 0.05) is 13.2 Å². The molecule has 0 radical (unpaired) electrons. The van der Waals surface area contributed by atoms with Gasteiger partial charge in [0.2, 0.25) is 0 Å². The highest BCUT2D eigenvalue weighted by Gasteiger charge is 1.94. The average Bonchev–Trinajstić information content (AvgIpc) is 2.43. The lowest BCUT2D eigenvalue weighted by Crippen LogP contribution is -2.22. The third kappa shape index (κ3) is 17.8. The monoisotopic (exact) mass is 289 g/mol. The van der Waals surface area contributed by atoms with Crippen LogP contribution in [0.4, 0.5) is 0 Å². The molecule has 0 aliphatic carbocycles. The molecule has 0 bridgehead atoms. The zero-order chi connectivity index (χ0) is 14.9. The maximum Gasteiger partial charge on any atom is 0.0701 e. The molecule has 0 amide bonds. The maximum atomic E-state index is 5.48. The molecular formula is C16H35NO3. The normalized spacial score (nSPS) is 11.4. The van der Waals surface area contributed by atoms with Crippen molar-refractivity contribution in [3.8, 4) is 0 Å². The quantitative estimate of drug-likeness (QED) is 0.444. The van der Waals surface area contributed by atoms with Crippen molar-refractivity contribution in [2.75, 3.05) is 52.7 Å². The second-order valence-corrected chi connectivity index (χ2v) is 5.48. The molecule has 1 N–H and O–H groups in total. The lowest BCUT2D eigenvalue weighted by atomic mass is 10.1. The summed E-state index contributed by atoms with van der Waals surface area (Å²) in [4.78, 5) is 0. The van der Waals surface area contributed by atoms with Crippen LogP contribution in [0, 0.1) is 5.92 Å². The Morgan fingerprint density at radius 3 is 1.95 bits per heavy atom. The van der Waals surface area contributed by atoms with Gasteiger partial charge in [0.05, 0.1) is 33.0 Å². The Balaban J connectivity index is 2.92. The summed E-state index contributed by atoms with van der Waals surface area (Å²) in [7, 11) is 0. The first-order valence-corrected chi connectivity index (χ1v) is 8.21. The fourth-order valence-corrected chi connectivity index (χ4v) is 1.69. The highest BCUT2D eigenvalue weighted by molar-refractivity contribution is 4.50. The Hall–Kier alpha value is -0.160. The fraction of sp³-hybridized carbons (Fsp3) is 1.00. The Labute approximate surface area is 125 Å². The van der Waals surface area contributed by atoms with E-state index in [1.807, 2.05) is 0 Å². The predicted octanol–water partition coefficient (Wildman–Crippen LogP) is 2.86. The molecule has 0 heterocycles. The Kier molecular flexibility index (Phi) is 16.8. The molecule has 0 fully saturated rings. The SMILES string of the molecule is CCCCOCCOCCOCCNCCCC(C)C. The molecule has 0 saturated heterocycles. The van der Waals surface area contributed by atoms with Crippen molar-refractivity contribution in [2.24, 2.45) is 5.92 Å². The molecule has 0 spiro atoms. The number of rotatable bonds is 16. The summed E-state index contributed by atoms with van der Waals surface area (Å²) in [6.45, 7) is 13.0. The average molecular weight is 289 g/mol. The topological polar surface area (TPSA) is 39.7 Å². The van der Waals surface area contributed by atoms with Crippen LogP contribution in [0.25, 0.3) is 0 Å². The lowest BCUT2D eigenvalue weighted by Gasteiger charge is -2.08. The second kappa shape index (κ2) is 16.9. The van der Waals surface area contributed by atoms with Gasteiger partial charge in [0.15, 0.2) is 0 Å². The van der Waals surface area contributed by atoms with E-state index in [9.17, 15) is 0 Å². The molecule has 0 rings (SSSR count). The molecule has 0 aromatic rings. The summed E-state index contributed by atoms with van der Waals surface area (Å²) in [5.41, 5.74) is 0. The summed E-state index contributed by atoms with van der Waals surface area (Å²) in [5.74, 6) is 0.802. The molecule has 0 aliphatic heterocycles. The van der Waals surface area contributed by atoms with Crippen molar-refractivity contribution in [1.29, 1.82) is 0 Å². The van der Waals surface area contributed by atoms with Crippen LogP contribution in [0.5, 0.6) is 0 Å². The van der Waals surface area contributed by atoms with Crippen LogP contribution < -0.4 is 5.32 Å². The van der Waals surface area contributed by atoms with Gasteiger partial charge in [-0.2, -0.15) is 0 Å². The Morgan fingerprint density at radius 1 is 0.750 bits per heavy atom. The van der Waals surface area contributed by atoms with Gasteiger partial charge in [-0.05, 0) is 31.7 Å². The van der Waals surface area contributed by atoms with E-state index in [1.165, 1.54) is 19.3 Å². The zero-order valence-electron chi connectivity index (χ0n) is 13.8. The van der Waals surface area contributed by atoms with E-state index >= 15 is 0 Å². The van der Waals surface area contributed by atoms with E-state index in [0.717, 1.165) is 38.6 Å². The molecule has 0 saturated carbocycles. The minimum atomic E-state index is 0.657. The van der Waals surface area contributed by atoms with E-state index in [-0.39, 0.29) is 0 Å². The van der Waals surface area contributed by atoms with Crippen LogP contribution in [0.3, 0.4) is 0 Å². The summed E-state index contributed by atoms with van der Waals surface area (Å²) in [6.07, 6.45) is 4.86. The summed E-state index contributed by atoms with van der Waals surface area (Å²) in [5, 5.41) is 3.39. The van der Waals surface area contributed by atoms with Gasteiger partial charge in [0.1, 0.15) is 0 Å². The first kappa shape index (κ1) is 19.8. The van der Waals surface area contributed by atoms with Gasteiger partial charge >= 0.3 is 0 Å². The van der Waals surface area contributed by atoms with Crippen molar-refractivity contribution in [2.45, 2.75) is 46.5 Å². The first-order chi connectivity index (χ1) is 9.77. The molecule has 20 heavy (non-hydrogen) atoms. The van der Waals surface area contributed by atoms with E-state index in [0.29, 0.717) is 26.4 Å². The van der Waals surface area contributed by atoms with E-state index in [4.69, 9.17) is 14.2 Å². The minimum absolute atomic E-state index is 0.657. The Morgan fingerprint density at radius 2 is 1.35 bits per heavy atom. The molecule has 4 nitrogen and oxygen atoms in total. The number of hydrogen-bond donors (Lipinski definition) is 1. The van der Waals surface area contributed by atoms with Gasteiger partial charge in [-0.25, -0.2) is 0 Å². The molecule has 4 heteroatoms. The van der Waals surface area contributed by atoms with Crippen molar-refractivity contribution >= 4 is 0 Å². The first-order valence-electron chi connectivity index (χ1n) is 8.21. The van der Waals surface area contributed by atoms with E-state index < -0.39 is 0 Å². The Bertz CT molecular complexity index is 177. The highest BCUT2D eigenvalue weighted by atomic mass is 16.5. The molecule has 0 aromatic heterocycles. The third-order valence-corrected chi connectivity index (χ3v) is 2.94. The second-order valence-electron chi connectivity index (χ2n) is 5.48. The van der Waals surface area contributed by atoms with Gasteiger partial charge in [-0.1, -0.05) is 27.2 Å². The molecule has 0 atom stereocenters. The highest BCUT2D eigenvalue weighted by Crippen LogP contribution is 2.01. The van der Waals surface area contributed by atoms with Crippen LogP contribution in [0.1, 0.15) is 46.5 Å². The van der Waals surface area contributed by atoms with Crippen molar-refractivity contribution in [1.82, 2.24) is 5.32 Å². The summed E-state index contributed by atoms with van der Waals surface area (Å²) < 4.78 is 16.3. The van der Waals surface area contributed by atoms with Crippen molar-refractivity contribution < 1.29 is 14.2 Å². The standard InChI is InChI=1S/C16H35NO3/c1-4-5-10-18-12-14-20-15-13-19-11-9-17-8-6-7-16(2)3/h16-17H,4-15H2,1-3H3.